The molecule has 0 aliphatic carbocycles. The fourth-order valence-corrected chi connectivity index (χ4v) is 2.13. The Morgan fingerprint density at radius 1 is 1.05 bits per heavy atom. The predicted octanol–water partition coefficient (Wildman–Crippen LogP) is 3.73. The summed E-state index contributed by atoms with van der Waals surface area (Å²) in [4.78, 5) is 4.00. The van der Waals surface area contributed by atoms with Crippen molar-refractivity contribution >= 4 is 5.52 Å². The number of hydrogen-bond donors (Lipinski definition) is 1. The lowest BCUT2D eigenvalue weighted by Crippen LogP contribution is -2.07. The van der Waals surface area contributed by atoms with Crippen molar-refractivity contribution in [3.63, 3.8) is 0 Å². The predicted molar refractivity (Wildman–Crippen MR) is 67.3 cm³/mol. The fourth-order valence-electron chi connectivity index (χ4n) is 2.13. The van der Waals surface area contributed by atoms with Crippen LogP contribution in [0.2, 0.25) is 0 Å². The highest BCUT2D eigenvalue weighted by molar-refractivity contribution is 5.69. The van der Waals surface area contributed by atoms with E-state index in [1.54, 1.807) is 12.3 Å². The van der Waals surface area contributed by atoms with E-state index in [1.165, 1.54) is 34.9 Å². The minimum absolute atomic E-state index is 0.0226. The lowest BCUT2D eigenvalue weighted by atomic mass is 10.1. The second-order valence-corrected chi connectivity index (χ2v) is 4.27. The molecule has 0 unspecified atom stereocenters. The molecule has 0 fully saturated rings. The Bertz CT molecular complexity index is 777. The van der Waals surface area contributed by atoms with E-state index in [2.05, 4.69) is 4.98 Å². The number of imidazole rings is 1. The first-order valence-corrected chi connectivity index (χ1v) is 5.80. The topological polar surface area (TPSA) is 37.5 Å². The second kappa shape index (κ2) is 4.26. The quantitative estimate of drug-likeness (QED) is 0.736. The minimum atomic E-state index is -4.46. The van der Waals surface area contributed by atoms with Crippen LogP contribution in [0.1, 0.15) is 5.56 Å². The summed E-state index contributed by atoms with van der Waals surface area (Å²) in [5, 5.41) is 9.68. The van der Waals surface area contributed by atoms with E-state index in [0.717, 1.165) is 6.07 Å². The Labute approximate surface area is 111 Å². The molecule has 0 aliphatic rings. The number of halogens is 3. The van der Waals surface area contributed by atoms with E-state index in [0.29, 0.717) is 5.52 Å². The van der Waals surface area contributed by atoms with Gasteiger partial charge in [0.15, 0.2) is 0 Å². The maximum atomic E-state index is 13.0. The Balaban J connectivity index is 2.30. The van der Waals surface area contributed by atoms with Gasteiger partial charge in [-0.2, -0.15) is 13.2 Å². The van der Waals surface area contributed by atoms with Crippen LogP contribution < -0.4 is 0 Å². The molecule has 3 aromatic rings. The molecule has 0 aliphatic heterocycles. The Morgan fingerprint density at radius 2 is 1.80 bits per heavy atom. The van der Waals surface area contributed by atoms with E-state index in [1.807, 2.05) is 0 Å². The monoisotopic (exact) mass is 278 g/mol. The number of alkyl halides is 3. The number of rotatable bonds is 1. The molecule has 0 bridgehead atoms. The molecule has 3 nitrogen and oxygen atoms in total. The summed E-state index contributed by atoms with van der Waals surface area (Å²) in [7, 11) is 0. The summed E-state index contributed by atoms with van der Waals surface area (Å²) < 4.78 is 40.5. The average molecular weight is 278 g/mol. The molecule has 2 heterocycles. The number of nitrogens with zero attached hydrogens (tertiary/aromatic N) is 2. The van der Waals surface area contributed by atoms with E-state index >= 15 is 0 Å². The third-order valence-electron chi connectivity index (χ3n) is 3.02. The van der Waals surface area contributed by atoms with Crippen LogP contribution in [-0.4, -0.2) is 14.5 Å². The van der Waals surface area contributed by atoms with Crippen LogP contribution in [0.15, 0.2) is 48.8 Å². The van der Waals surface area contributed by atoms with Crippen molar-refractivity contribution in [2.75, 3.05) is 0 Å². The number of hydrogen-bond acceptors (Lipinski definition) is 2. The van der Waals surface area contributed by atoms with E-state index in [9.17, 15) is 18.3 Å². The summed E-state index contributed by atoms with van der Waals surface area (Å²) in [5.74, 6) is 0.111. The highest BCUT2D eigenvalue weighted by Gasteiger charge is 2.34. The number of aromatic nitrogens is 2. The van der Waals surface area contributed by atoms with Crippen LogP contribution in [0.5, 0.6) is 5.75 Å². The van der Waals surface area contributed by atoms with Gasteiger partial charge in [0.2, 0.25) is 0 Å². The highest BCUT2D eigenvalue weighted by Crippen LogP contribution is 2.37. The molecule has 2 aromatic heterocycles. The molecule has 1 N–H and O–H groups in total. The molecule has 0 saturated carbocycles. The van der Waals surface area contributed by atoms with Gasteiger partial charge in [0.1, 0.15) is 17.1 Å². The summed E-state index contributed by atoms with van der Waals surface area (Å²) in [5.41, 5.74) is -0.416. The number of pyridine rings is 1. The lowest BCUT2D eigenvalue weighted by molar-refractivity contribution is -0.137. The lowest BCUT2D eigenvalue weighted by Gasteiger charge is -2.11. The van der Waals surface area contributed by atoms with Crippen molar-refractivity contribution < 1.29 is 18.3 Å². The molecule has 20 heavy (non-hydrogen) atoms. The summed E-state index contributed by atoms with van der Waals surface area (Å²) in [6.07, 6.45) is -1.55. The van der Waals surface area contributed by atoms with Gasteiger partial charge in [-0.1, -0.05) is 18.2 Å². The Kier molecular flexibility index (Phi) is 2.67. The molecule has 1 aromatic carbocycles. The number of aromatic hydroxyl groups is 1. The van der Waals surface area contributed by atoms with Gasteiger partial charge in [0.25, 0.3) is 0 Å². The SMILES string of the molecule is Oc1cccn2c(-c3ccccc3C(F)(F)F)ncc12. The first-order chi connectivity index (χ1) is 9.48. The van der Waals surface area contributed by atoms with Crippen molar-refractivity contribution in [3.05, 3.63) is 54.4 Å². The van der Waals surface area contributed by atoms with Gasteiger partial charge in [-0.15, -0.1) is 0 Å². The Morgan fingerprint density at radius 3 is 2.55 bits per heavy atom. The van der Waals surface area contributed by atoms with Gasteiger partial charge in [0, 0.05) is 11.8 Å². The third-order valence-corrected chi connectivity index (χ3v) is 3.02. The summed E-state index contributed by atoms with van der Waals surface area (Å²) in [6.45, 7) is 0. The first-order valence-electron chi connectivity index (χ1n) is 5.80. The van der Waals surface area contributed by atoms with Crippen molar-refractivity contribution in [2.24, 2.45) is 0 Å². The maximum Gasteiger partial charge on any atom is 0.417 e. The van der Waals surface area contributed by atoms with Gasteiger partial charge < -0.3 is 5.11 Å². The Hall–Kier alpha value is -2.50. The van der Waals surface area contributed by atoms with Gasteiger partial charge in [-0.3, -0.25) is 4.40 Å². The normalized spacial score (nSPS) is 11.9. The van der Waals surface area contributed by atoms with Gasteiger partial charge in [-0.05, 0) is 18.2 Å². The van der Waals surface area contributed by atoms with E-state index in [4.69, 9.17) is 0 Å². The van der Waals surface area contributed by atoms with Crippen molar-refractivity contribution in [1.29, 1.82) is 0 Å². The zero-order valence-electron chi connectivity index (χ0n) is 10.1. The van der Waals surface area contributed by atoms with Crippen molar-refractivity contribution in [1.82, 2.24) is 9.38 Å². The molecular formula is C14H9F3N2O. The molecule has 0 saturated heterocycles. The molecule has 0 amide bonds. The summed E-state index contributed by atoms with van der Waals surface area (Å²) >= 11 is 0. The molecule has 0 spiro atoms. The smallest absolute Gasteiger partial charge is 0.417 e. The number of benzene rings is 1. The van der Waals surface area contributed by atoms with Crippen LogP contribution in [0.4, 0.5) is 13.2 Å². The minimum Gasteiger partial charge on any atom is -0.506 e. The van der Waals surface area contributed by atoms with Gasteiger partial charge in [0.05, 0.1) is 11.8 Å². The zero-order chi connectivity index (χ0) is 14.3. The van der Waals surface area contributed by atoms with Crippen LogP contribution in [-0.2, 0) is 6.18 Å². The van der Waals surface area contributed by atoms with Crippen molar-refractivity contribution in [3.8, 4) is 17.1 Å². The molecule has 6 heteroatoms. The van der Waals surface area contributed by atoms with Crippen molar-refractivity contribution in [2.45, 2.75) is 6.18 Å². The molecule has 3 rings (SSSR count). The summed E-state index contributed by atoms with van der Waals surface area (Å²) in [6, 6.07) is 8.23. The van der Waals surface area contributed by atoms with Crippen LogP contribution in [0.3, 0.4) is 0 Å². The van der Waals surface area contributed by atoms with Gasteiger partial charge >= 0.3 is 6.18 Å². The maximum absolute atomic E-state index is 13.0. The average Bonchev–Trinajstić information content (AvgIpc) is 2.83. The van der Waals surface area contributed by atoms with E-state index < -0.39 is 11.7 Å². The molecular weight excluding hydrogens is 269 g/mol. The van der Waals surface area contributed by atoms with E-state index in [-0.39, 0.29) is 17.1 Å². The highest BCUT2D eigenvalue weighted by atomic mass is 19.4. The van der Waals surface area contributed by atoms with Crippen LogP contribution in [0, 0.1) is 0 Å². The van der Waals surface area contributed by atoms with Crippen LogP contribution >= 0.6 is 0 Å². The molecule has 0 atom stereocenters. The molecule has 102 valence electrons. The third kappa shape index (κ3) is 1.89. The van der Waals surface area contributed by atoms with Crippen LogP contribution in [0.25, 0.3) is 16.9 Å². The van der Waals surface area contributed by atoms with Gasteiger partial charge in [-0.25, -0.2) is 4.98 Å². The fraction of sp³-hybridized carbons (Fsp3) is 0.0714. The second-order valence-electron chi connectivity index (χ2n) is 4.27. The molecule has 0 radical (unpaired) electrons. The number of fused-ring (bicyclic) bond motifs is 1. The first kappa shape index (κ1) is 12.5. The zero-order valence-corrected chi connectivity index (χ0v) is 10.1. The standard InChI is InChI=1S/C14H9F3N2O/c15-14(16,17)10-5-2-1-4-9(10)13-18-8-11-12(20)6-3-7-19(11)13/h1-8,20H. The largest absolute Gasteiger partial charge is 0.506 e.